The second-order valence-corrected chi connectivity index (χ2v) is 4.29. The number of nitrogens with two attached hydrogens (primary N) is 1. The molecule has 0 aliphatic rings. The molecular formula is C12H22N2O. The molecule has 0 amide bonds. The molecule has 0 radical (unpaired) electrons. The van der Waals surface area contributed by atoms with Gasteiger partial charge in [-0.25, -0.2) is 0 Å². The first kappa shape index (κ1) is 12.3. The first-order valence-electron chi connectivity index (χ1n) is 5.65. The number of nitrogens with zero attached hydrogens (tertiary/aromatic N) is 1. The predicted molar refractivity (Wildman–Crippen MR) is 62.4 cm³/mol. The van der Waals surface area contributed by atoms with E-state index in [0.717, 1.165) is 25.4 Å². The van der Waals surface area contributed by atoms with Gasteiger partial charge in [-0.05, 0) is 18.5 Å². The van der Waals surface area contributed by atoms with Crippen LogP contribution in [0.15, 0.2) is 16.7 Å². The Morgan fingerprint density at radius 1 is 1.47 bits per heavy atom. The maximum absolute atomic E-state index is 5.60. The topological polar surface area (TPSA) is 42.4 Å². The minimum Gasteiger partial charge on any atom is -0.468 e. The maximum atomic E-state index is 5.60. The van der Waals surface area contributed by atoms with Gasteiger partial charge in [0.25, 0.3) is 0 Å². The third kappa shape index (κ3) is 3.68. The molecule has 1 rings (SSSR count). The summed E-state index contributed by atoms with van der Waals surface area (Å²) in [7, 11) is 0. The van der Waals surface area contributed by atoms with Crippen molar-refractivity contribution in [2.75, 3.05) is 13.1 Å². The third-order valence-corrected chi connectivity index (χ3v) is 2.49. The smallest absolute Gasteiger partial charge is 0.121 e. The summed E-state index contributed by atoms with van der Waals surface area (Å²) < 4.78 is 5.31. The maximum Gasteiger partial charge on any atom is 0.121 e. The van der Waals surface area contributed by atoms with Crippen molar-refractivity contribution in [3.05, 3.63) is 23.7 Å². The van der Waals surface area contributed by atoms with Crippen molar-refractivity contribution in [2.24, 2.45) is 11.7 Å². The summed E-state index contributed by atoms with van der Waals surface area (Å²) in [6.07, 6.45) is 1.72. The van der Waals surface area contributed by atoms with Gasteiger partial charge >= 0.3 is 0 Å². The molecule has 86 valence electrons. The van der Waals surface area contributed by atoms with E-state index in [9.17, 15) is 0 Å². The SMILES string of the molecule is CCN(Cc1ccoc1CN)CC(C)C. The lowest BCUT2D eigenvalue weighted by molar-refractivity contribution is 0.246. The molecule has 3 nitrogen and oxygen atoms in total. The lowest BCUT2D eigenvalue weighted by atomic mass is 10.1. The Hall–Kier alpha value is -0.800. The fourth-order valence-corrected chi connectivity index (χ4v) is 1.75. The Bertz CT molecular complexity index is 281. The van der Waals surface area contributed by atoms with E-state index in [1.807, 2.05) is 6.07 Å². The van der Waals surface area contributed by atoms with Gasteiger partial charge in [0.15, 0.2) is 0 Å². The average molecular weight is 210 g/mol. The molecular weight excluding hydrogens is 188 g/mol. The number of furan rings is 1. The van der Waals surface area contributed by atoms with Crippen molar-refractivity contribution in [1.29, 1.82) is 0 Å². The van der Waals surface area contributed by atoms with E-state index in [2.05, 4.69) is 25.7 Å². The van der Waals surface area contributed by atoms with Crippen LogP contribution in [-0.2, 0) is 13.1 Å². The van der Waals surface area contributed by atoms with Gasteiger partial charge in [0.05, 0.1) is 12.8 Å². The third-order valence-electron chi connectivity index (χ3n) is 2.49. The summed E-state index contributed by atoms with van der Waals surface area (Å²) >= 11 is 0. The summed E-state index contributed by atoms with van der Waals surface area (Å²) in [5, 5.41) is 0. The van der Waals surface area contributed by atoms with E-state index < -0.39 is 0 Å². The fourth-order valence-electron chi connectivity index (χ4n) is 1.75. The second-order valence-electron chi connectivity index (χ2n) is 4.29. The zero-order valence-electron chi connectivity index (χ0n) is 9.99. The van der Waals surface area contributed by atoms with Gasteiger partial charge < -0.3 is 10.2 Å². The van der Waals surface area contributed by atoms with Crippen LogP contribution in [-0.4, -0.2) is 18.0 Å². The van der Waals surface area contributed by atoms with Crippen LogP contribution in [0, 0.1) is 5.92 Å². The highest BCUT2D eigenvalue weighted by atomic mass is 16.3. The van der Waals surface area contributed by atoms with Gasteiger partial charge in [0, 0.05) is 18.7 Å². The summed E-state index contributed by atoms with van der Waals surface area (Å²) in [6.45, 7) is 10.3. The highest BCUT2D eigenvalue weighted by Crippen LogP contribution is 2.13. The lowest BCUT2D eigenvalue weighted by Crippen LogP contribution is -2.27. The fraction of sp³-hybridized carbons (Fsp3) is 0.667. The molecule has 15 heavy (non-hydrogen) atoms. The Labute approximate surface area is 92.2 Å². The molecule has 0 aliphatic carbocycles. The number of rotatable bonds is 6. The van der Waals surface area contributed by atoms with Gasteiger partial charge in [0.2, 0.25) is 0 Å². The van der Waals surface area contributed by atoms with Crippen LogP contribution in [0.4, 0.5) is 0 Å². The van der Waals surface area contributed by atoms with Crippen molar-refractivity contribution < 1.29 is 4.42 Å². The first-order chi connectivity index (χ1) is 7.17. The molecule has 0 unspecified atom stereocenters. The summed E-state index contributed by atoms with van der Waals surface area (Å²) in [5.41, 5.74) is 6.82. The molecule has 0 saturated heterocycles. The number of hydrogen-bond donors (Lipinski definition) is 1. The zero-order valence-corrected chi connectivity index (χ0v) is 9.99. The molecule has 1 heterocycles. The van der Waals surface area contributed by atoms with E-state index >= 15 is 0 Å². The minimum absolute atomic E-state index is 0.488. The predicted octanol–water partition coefficient (Wildman–Crippen LogP) is 2.22. The van der Waals surface area contributed by atoms with Gasteiger partial charge in [-0.3, -0.25) is 4.90 Å². The van der Waals surface area contributed by atoms with Gasteiger partial charge in [-0.2, -0.15) is 0 Å². The van der Waals surface area contributed by atoms with E-state index in [-0.39, 0.29) is 0 Å². The van der Waals surface area contributed by atoms with Crippen molar-refractivity contribution in [2.45, 2.75) is 33.9 Å². The molecule has 0 atom stereocenters. The molecule has 2 N–H and O–H groups in total. The zero-order chi connectivity index (χ0) is 11.3. The molecule has 0 bridgehead atoms. The minimum atomic E-state index is 0.488. The highest BCUT2D eigenvalue weighted by molar-refractivity contribution is 5.16. The summed E-state index contributed by atoms with van der Waals surface area (Å²) in [4.78, 5) is 2.41. The Balaban J connectivity index is 2.58. The largest absolute Gasteiger partial charge is 0.468 e. The molecule has 1 aromatic rings. The Kier molecular flexibility index (Phi) is 4.85. The van der Waals surface area contributed by atoms with Crippen molar-refractivity contribution in [3.63, 3.8) is 0 Å². The molecule has 0 aliphatic heterocycles. The summed E-state index contributed by atoms with van der Waals surface area (Å²) in [6, 6.07) is 2.02. The normalized spacial score (nSPS) is 11.6. The molecule has 1 aromatic heterocycles. The van der Waals surface area contributed by atoms with Gasteiger partial charge in [-0.1, -0.05) is 20.8 Å². The average Bonchev–Trinajstić information content (AvgIpc) is 2.63. The van der Waals surface area contributed by atoms with Gasteiger partial charge in [0.1, 0.15) is 5.76 Å². The first-order valence-corrected chi connectivity index (χ1v) is 5.65. The quantitative estimate of drug-likeness (QED) is 0.783. The molecule has 0 saturated carbocycles. The van der Waals surface area contributed by atoms with E-state index in [1.165, 1.54) is 5.56 Å². The van der Waals surface area contributed by atoms with Crippen LogP contribution >= 0.6 is 0 Å². The second kappa shape index (κ2) is 5.93. The monoisotopic (exact) mass is 210 g/mol. The van der Waals surface area contributed by atoms with Crippen molar-refractivity contribution in [3.8, 4) is 0 Å². The van der Waals surface area contributed by atoms with Crippen LogP contribution in [0.1, 0.15) is 32.1 Å². The highest BCUT2D eigenvalue weighted by Gasteiger charge is 2.10. The van der Waals surface area contributed by atoms with Crippen LogP contribution in [0.3, 0.4) is 0 Å². The van der Waals surface area contributed by atoms with Crippen LogP contribution in [0.5, 0.6) is 0 Å². The van der Waals surface area contributed by atoms with Crippen LogP contribution < -0.4 is 5.73 Å². The van der Waals surface area contributed by atoms with Crippen LogP contribution in [0.2, 0.25) is 0 Å². The standard InChI is InChI=1S/C12H22N2O/c1-4-14(8-10(2)3)9-11-5-6-15-12(11)7-13/h5-6,10H,4,7-9,13H2,1-3H3. The summed E-state index contributed by atoms with van der Waals surface area (Å²) in [5.74, 6) is 1.61. The van der Waals surface area contributed by atoms with Crippen LogP contribution in [0.25, 0.3) is 0 Å². The molecule has 0 aromatic carbocycles. The van der Waals surface area contributed by atoms with E-state index in [4.69, 9.17) is 10.2 Å². The van der Waals surface area contributed by atoms with Crippen molar-refractivity contribution >= 4 is 0 Å². The van der Waals surface area contributed by atoms with E-state index in [1.54, 1.807) is 6.26 Å². The lowest BCUT2D eigenvalue weighted by Gasteiger charge is -2.22. The molecule has 0 fully saturated rings. The molecule has 0 spiro atoms. The van der Waals surface area contributed by atoms with Gasteiger partial charge in [-0.15, -0.1) is 0 Å². The Morgan fingerprint density at radius 2 is 2.20 bits per heavy atom. The van der Waals surface area contributed by atoms with Crippen molar-refractivity contribution in [1.82, 2.24) is 4.90 Å². The van der Waals surface area contributed by atoms with E-state index in [0.29, 0.717) is 12.5 Å². The number of hydrogen-bond acceptors (Lipinski definition) is 3. The molecule has 3 heteroatoms. The Morgan fingerprint density at radius 3 is 2.73 bits per heavy atom.